The molecule has 2 saturated heterocycles. The van der Waals surface area contributed by atoms with Crippen LogP contribution in [0.3, 0.4) is 0 Å². The summed E-state index contributed by atoms with van der Waals surface area (Å²) < 4.78 is 38.2. The first-order valence-corrected chi connectivity index (χ1v) is 12.5. The van der Waals surface area contributed by atoms with Crippen molar-refractivity contribution in [2.45, 2.75) is 57.4 Å². The summed E-state index contributed by atoms with van der Waals surface area (Å²) in [6.07, 6.45) is 3.80. The molecule has 3 heterocycles. The van der Waals surface area contributed by atoms with Gasteiger partial charge >= 0.3 is 0 Å². The number of furan rings is 1. The number of hydrogen-bond donors (Lipinski definition) is 1. The Morgan fingerprint density at radius 2 is 1.77 bits per heavy atom. The molecule has 9 heteroatoms. The van der Waals surface area contributed by atoms with E-state index < -0.39 is 10.0 Å². The molecular weight excluding hydrogens is 406 g/mol. The molecule has 1 aromatic heterocycles. The van der Waals surface area contributed by atoms with E-state index in [4.69, 9.17) is 9.15 Å². The van der Waals surface area contributed by atoms with Crippen LogP contribution >= 0.6 is 0 Å². The fraction of sp³-hybridized carbons (Fsp3) is 0.762. The lowest BCUT2D eigenvalue weighted by molar-refractivity contribution is 0.00184. The minimum absolute atomic E-state index is 0.0514. The third kappa shape index (κ3) is 5.07. The molecule has 30 heavy (non-hydrogen) atoms. The lowest BCUT2D eigenvalue weighted by Gasteiger charge is -2.38. The average molecular weight is 442 g/mol. The smallest absolute Gasteiger partial charge is 0.287 e. The number of ether oxygens (including phenoxy) is 1. The molecule has 1 atom stereocenters. The summed E-state index contributed by atoms with van der Waals surface area (Å²) in [4.78, 5) is 15.3. The van der Waals surface area contributed by atoms with E-state index in [1.54, 1.807) is 6.92 Å². The lowest BCUT2D eigenvalue weighted by atomic mass is 9.92. The Kier molecular flexibility index (Phi) is 7.95. The lowest BCUT2D eigenvalue weighted by Crippen LogP contribution is -2.52. The number of aryl methyl sites for hydroxylation is 1. The van der Waals surface area contributed by atoms with E-state index >= 15 is 0 Å². The highest BCUT2D eigenvalue weighted by molar-refractivity contribution is 7.89. The minimum atomic E-state index is -3.61. The van der Waals surface area contributed by atoms with Crippen molar-refractivity contribution in [2.24, 2.45) is 5.92 Å². The summed E-state index contributed by atoms with van der Waals surface area (Å²) >= 11 is 0. The first-order valence-electron chi connectivity index (χ1n) is 11.1. The molecule has 1 amide bonds. The van der Waals surface area contributed by atoms with Crippen LogP contribution in [0.15, 0.2) is 15.4 Å². The Hall–Kier alpha value is -1.42. The predicted octanol–water partition coefficient (Wildman–Crippen LogP) is 2.24. The SMILES string of the molecule is CCC(CC)C(CNC(=O)c1cc(S(=O)(=O)N2CCCC2)c(C)o1)N1CCOCC1. The second-order valence-electron chi connectivity index (χ2n) is 8.14. The highest BCUT2D eigenvalue weighted by Crippen LogP contribution is 2.26. The van der Waals surface area contributed by atoms with E-state index in [-0.39, 0.29) is 28.4 Å². The topological polar surface area (TPSA) is 92.1 Å². The van der Waals surface area contributed by atoms with Gasteiger partial charge in [0.15, 0.2) is 5.76 Å². The molecule has 8 nitrogen and oxygen atoms in total. The van der Waals surface area contributed by atoms with Gasteiger partial charge < -0.3 is 14.5 Å². The molecule has 0 spiro atoms. The Balaban J connectivity index is 1.70. The molecule has 2 aliphatic rings. The number of nitrogens with one attached hydrogen (secondary N) is 1. The van der Waals surface area contributed by atoms with E-state index in [0.717, 1.165) is 38.8 Å². The predicted molar refractivity (Wildman–Crippen MR) is 114 cm³/mol. The van der Waals surface area contributed by atoms with E-state index in [9.17, 15) is 13.2 Å². The van der Waals surface area contributed by atoms with Gasteiger partial charge in [0.1, 0.15) is 10.7 Å². The molecule has 1 N–H and O–H groups in total. The zero-order valence-electron chi connectivity index (χ0n) is 18.4. The number of carbonyl (C=O) groups excluding carboxylic acids is 1. The zero-order chi connectivity index (χ0) is 21.7. The van der Waals surface area contributed by atoms with Crippen LogP contribution in [0.2, 0.25) is 0 Å². The maximum Gasteiger partial charge on any atom is 0.287 e. The largest absolute Gasteiger partial charge is 0.455 e. The molecule has 0 aromatic carbocycles. The molecule has 0 saturated carbocycles. The number of rotatable bonds is 9. The summed E-state index contributed by atoms with van der Waals surface area (Å²) in [7, 11) is -3.61. The first kappa shape index (κ1) is 23.2. The maximum absolute atomic E-state index is 12.8. The number of amides is 1. The van der Waals surface area contributed by atoms with Crippen molar-refractivity contribution in [3.05, 3.63) is 17.6 Å². The van der Waals surface area contributed by atoms with Crippen molar-refractivity contribution < 1.29 is 22.4 Å². The van der Waals surface area contributed by atoms with Gasteiger partial charge in [-0.25, -0.2) is 8.42 Å². The fourth-order valence-corrected chi connectivity index (χ4v) is 6.20. The van der Waals surface area contributed by atoms with Gasteiger partial charge in [-0.1, -0.05) is 26.7 Å². The van der Waals surface area contributed by atoms with E-state index in [0.29, 0.717) is 38.8 Å². The molecule has 2 fully saturated rings. The molecule has 1 unspecified atom stereocenters. The van der Waals surface area contributed by atoms with Gasteiger partial charge in [0.2, 0.25) is 10.0 Å². The molecule has 0 aliphatic carbocycles. The molecule has 1 aromatic rings. The summed E-state index contributed by atoms with van der Waals surface area (Å²) in [5.74, 6) is 0.408. The van der Waals surface area contributed by atoms with Crippen molar-refractivity contribution in [3.8, 4) is 0 Å². The average Bonchev–Trinajstić information content (AvgIpc) is 3.42. The summed E-state index contributed by atoms with van der Waals surface area (Å²) in [5, 5.41) is 2.98. The molecule has 0 radical (unpaired) electrons. The van der Waals surface area contributed by atoms with Gasteiger partial charge in [0.05, 0.1) is 13.2 Å². The number of nitrogens with zero attached hydrogens (tertiary/aromatic N) is 2. The van der Waals surface area contributed by atoms with Crippen LogP contribution < -0.4 is 5.32 Å². The van der Waals surface area contributed by atoms with Crippen molar-refractivity contribution in [1.29, 1.82) is 0 Å². The van der Waals surface area contributed by atoms with Crippen LogP contribution in [-0.2, 0) is 14.8 Å². The monoisotopic (exact) mass is 441 g/mol. The van der Waals surface area contributed by atoms with Crippen LogP contribution in [0.1, 0.15) is 55.8 Å². The van der Waals surface area contributed by atoms with Gasteiger partial charge in [-0.15, -0.1) is 0 Å². The third-order valence-electron chi connectivity index (χ3n) is 6.36. The minimum Gasteiger partial charge on any atom is -0.455 e. The van der Waals surface area contributed by atoms with Crippen molar-refractivity contribution >= 4 is 15.9 Å². The van der Waals surface area contributed by atoms with Crippen LogP contribution in [0.4, 0.5) is 0 Å². The summed E-state index contributed by atoms with van der Waals surface area (Å²) in [6, 6.07) is 1.59. The summed E-state index contributed by atoms with van der Waals surface area (Å²) in [5.41, 5.74) is 0. The Labute approximate surface area is 180 Å². The molecular formula is C21H35N3O5S. The van der Waals surface area contributed by atoms with Crippen LogP contribution in [-0.4, -0.2) is 75.5 Å². The first-order chi connectivity index (χ1) is 14.4. The van der Waals surface area contributed by atoms with Crippen LogP contribution in [0.5, 0.6) is 0 Å². The molecule has 170 valence electrons. The van der Waals surface area contributed by atoms with Crippen LogP contribution in [0, 0.1) is 12.8 Å². The van der Waals surface area contributed by atoms with E-state index in [2.05, 4.69) is 24.1 Å². The Morgan fingerprint density at radius 3 is 2.37 bits per heavy atom. The Bertz CT molecular complexity index is 807. The second-order valence-corrected chi connectivity index (χ2v) is 10.1. The maximum atomic E-state index is 12.8. The van der Waals surface area contributed by atoms with Gasteiger partial charge in [0, 0.05) is 44.8 Å². The second kappa shape index (κ2) is 10.3. The Morgan fingerprint density at radius 1 is 1.13 bits per heavy atom. The quantitative estimate of drug-likeness (QED) is 0.632. The highest BCUT2D eigenvalue weighted by Gasteiger charge is 2.32. The summed E-state index contributed by atoms with van der Waals surface area (Å²) in [6.45, 7) is 10.6. The molecule has 0 bridgehead atoms. The normalized spacial score (nSPS) is 20.0. The number of sulfonamides is 1. The highest BCUT2D eigenvalue weighted by atomic mass is 32.2. The van der Waals surface area contributed by atoms with Gasteiger partial charge in [-0.2, -0.15) is 4.31 Å². The van der Waals surface area contributed by atoms with Crippen molar-refractivity contribution in [1.82, 2.24) is 14.5 Å². The van der Waals surface area contributed by atoms with Gasteiger partial charge in [-0.3, -0.25) is 9.69 Å². The van der Waals surface area contributed by atoms with Crippen molar-refractivity contribution in [3.63, 3.8) is 0 Å². The van der Waals surface area contributed by atoms with Crippen LogP contribution in [0.25, 0.3) is 0 Å². The zero-order valence-corrected chi connectivity index (χ0v) is 19.2. The fourth-order valence-electron chi connectivity index (χ4n) is 4.52. The third-order valence-corrected chi connectivity index (χ3v) is 8.36. The standard InChI is InChI=1S/C21H35N3O5S/c1-4-17(5-2)18(23-10-12-28-13-11-23)15-22-21(25)19-14-20(16(3)29-19)30(26,27)24-8-6-7-9-24/h14,17-18H,4-13,15H2,1-3H3,(H,22,25). The van der Waals surface area contributed by atoms with Gasteiger partial charge in [0.25, 0.3) is 5.91 Å². The van der Waals surface area contributed by atoms with E-state index in [1.165, 1.54) is 10.4 Å². The van der Waals surface area contributed by atoms with Crippen molar-refractivity contribution in [2.75, 3.05) is 45.9 Å². The number of carbonyl (C=O) groups is 1. The number of hydrogen-bond acceptors (Lipinski definition) is 6. The molecule has 2 aliphatic heterocycles. The van der Waals surface area contributed by atoms with E-state index in [1.807, 2.05) is 0 Å². The van der Waals surface area contributed by atoms with Gasteiger partial charge in [-0.05, 0) is 25.7 Å². The number of morpholine rings is 1. The molecule has 3 rings (SSSR count).